The van der Waals surface area contributed by atoms with Crippen LogP contribution in [-0.2, 0) is 16.0 Å². The summed E-state index contributed by atoms with van der Waals surface area (Å²) in [5, 5.41) is 0. The smallest absolute Gasteiger partial charge is 0.313 e. The first-order valence-electron chi connectivity index (χ1n) is 5.31. The van der Waals surface area contributed by atoms with Crippen LogP contribution in [0.3, 0.4) is 0 Å². The molecule has 1 atom stereocenters. The molecule has 0 saturated carbocycles. The summed E-state index contributed by atoms with van der Waals surface area (Å²) >= 11 is 0. The number of ether oxygens (including phenoxy) is 1. The highest BCUT2D eigenvalue weighted by molar-refractivity contribution is 5.78. The van der Waals surface area contributed by atoms with Crippen molar-refractivity contribution in [1.29, 1.82) is 0 Å². The maximum absolute atomic E-state index is 11.8. The summed E-state index contributed by atoms with van der Waals surface area (Å²) in [5.41, 5.74) is 0.878. The number of carbonyl (C=O) groups excluding carboxylic acids is 1. The van der Waals surface area contributed by atoms with E-state index in [9.17, 15) is 4.79 Å². The molecular weight excluding hydrogens is 218 g/mol. The molecule has 0 N–H and O–H groups in total. The van der Waals surface area contributed by atoms with E-state index in [1.165, 1.54) is 7.11 Å². The largest absolute Gasteiger partial charge is 0.469 e. The second-order valence-electron chi connectivity index (χ2n) is 3.64. The van der Waals surface area contributed by atoms with Crippen molar-refractivity contribution < 1.29 is 13.9 Å². The lowest BCUT2D eigenvalue weighted by Crippen LogP contribution is -2.16. The molecule has 0 fully saturated rings. The molecule has 0 saturated heterocycles. The molecule has 2 aromatic heterocycles. The maximum Gasteiger partial charge on any atom is 0.313 e. The van der Waals surface area contributed by atoms with Gasteiger partial charge in [0.1, 0.15) is 5.76 Å². The number of methoxy groups -OCH3 is 1. The number of pyridine rings is 1. The first-order chi connectivity index (χ1) is 8.31. The number of rotatable bonds is 4. The Balaban J connectivity index is 2.23. The fourth-order valence-electron chi connectivity index (χ4n) is 1.71. The first kappa shape index (κ1) is 11.4. The normalized spacial score (nSPS) is 12.1. The lowest BCUT2D eigenvalue weighted by Gasteiger charge is -2.13. The van der Waals surface area contributed by atoms with Crippen molar-refractivity contribution >= 4 is 5.97 Å². The van der Waals surface area contributed by atoms with Crippen molar-refractivity contribution in [3.63, 3.8) is 0 Å². The molecule has 0 aliphatic heterocycles. The van der Waals surface area contributed by atoms with Gasteiger partial charge in [0.2, 0.25) is 0 Å². The number of esters is 1. The van der Waals surface area contributed by atoms with Crippen LogP contribution in [0.1, 0.15) is 17.2 Å². The minimum absolute atomic E-state index is 0.271. The fourth-order valence-corrected chi connectivity index (χ4v) is 1.71. The molecule has 88 valence electrons. The Labute approximate surface area is 99.2 Å². The van der Waals surface area contributed by atoms with Crippen LogP contribution in [0.15, 0.2) is 47.3 Å². The Morgan fingerprint density at radius 3 is 2.76 bits per heavy atom. The van der Waals surface area contributed by atoms with E-state index in [4.69, 9.17) is 9.15 Å². The minimum Gasteiger partial charge on any atom is -0.469 e. The van der Waals surface area contributed by atoms with Gasteiger partial charge in [-0.25, -0.2) is 0 Å². The van der Waals surface area contributed by atoms with Gasteiger partial charge in [-0.2, -0.15) is 0 Å². The zero-order valence-corrected chi connectivity index (χ0v) is 9.50. The standard InChI is InChI=1S/C13H13NO3/c1-16-13(15)12(9-11-3-2-8-17-11)10-4-6-14-7-5-10/h2-8,12H,9H2,1H3/t12-/m1/s1. The van der Waals surface area contributed by atoms with Gasteiger partial charge in [0.25, 0.3) is 0 Å². The van der Waals surface area contributed by atoms with Crippen LogP contribution in [0, 0.1) is 0 Å². The predicted molar refractivity (Wildman–Crippen MR) is 61.4 cm³/mol. The van der Waals surface area contributed by atoms with Crippen LogP contribution in [0.2, 0.25) is 0 Å². The molecule has 2 aromatic rings. The SMILES string of the molecule is COC(=O)[C@H](Cc1ccco1)c1ccncc1. The lowest BCUT2D eigenvalue weighted by molar-refractivity contribution is -0.142. The molecule has 2 rings (SSSR count). The summed E-state index contributed by atoms with van der Waals surface area (Å²) in [5.74, 6) is 0.138. The van der Waals surface area contributed by atoms with Crippen LogP contribution >= 0.6 is 0 Å². The third kappa shape index (κ3) is 2.72. The molecule has 17 heavy (non-hydrogen) atoms. The fraction of sp³-hybridized carbons (Fsp3) is 0.231. The molecule has 4 heteroatoms. The van der Waals surface area contributed by atoms with Crippen LogP contribution in [0.25, 0.3) is 0 Å². The van der Waals surface area contributed by atoms with Crippen molar-refractivity contribution in [3.8, 4) is 0 Å². The van der Waals surface area contributed by atoms with Crippen LogP contribution in [0.4, 0.5) is 0 Å². The summed E-state index contributed by atoms with van der Waals surface area (Å²) < 4.78 is 10.1. The van der Waals surface area contributed by atoms with Gasteiger partial charge < -0.3 is 9.15 Å². The Hall–Kier alpha value is -2.10. The topological polar surface area (TPSA) is 52.3 Å². The van der Waals surface area contributed by atoms with Gasteiger partial charge in [-0.3, -0.25) is 9.78 Å². The maximum atomic E-state index is 11.8. The summed E-state index contributed by atoms with van der Waals surface area (Å²) in [6.07, 6.45) is 5.40. The quantitative estimate of drug-likeness (QED) is 0.757. The molecular formula is C13H13NO3. The van der Waals surface area contributed by atoms with E-state index in [1.807, 2.05) is 18.2 Å². The van der Waals surface area contributed by atoms with Gasteiger partial charge in [-0.15, -0.1) is 0 Å². The second kappa shape index (κ2) is 5.30. The molecule has 0 bridgehead atoms. The molecule has 0 radical (unpaired) electrons. The molecule has 2 heterocycles. The predicted octanol–water partition coefficient (Wildman–Crippen LogP) is 2.17. The van der Waals surface area contributed by atoms with Crippen LogP contribution in [-0.4, -0.2) is 18.1 Å². The van der Waals surface area contributed by atoms with Crippen molar-refractivity contribution in [3.05, 3.63) is 54.2 Å². The first-order valence-corrected chi connectivity index (χ1v) is 5.31. The number of hydrogen-bond donors (Lipinski definition) is 0. The van der Waals surface area contributed by atoms with E-state index in [-0.39, 0.29) is 11.9 Å². The second-order valence-corrected chi connectivity index (χ2v) is 3.64. The summed E-state index contributed by atoms with van der Waals surface area (Å²) in [7, 11) is 1.39. The van der Waals surface area contributed by atoms with E-state index in [1.54, 1.807) is 24.7 Å². The zero-order valence-electron chi connectivity index (χ0n) is 9.50. The van der Waals surface area contributed by atoms with Crippen molar-refractivity contribution in [1.82, 2.24) is 4.98 Å². The number of furan rings is 1. The monoisotopic (exact) mass is 231 g/mol. The van der Waals surface area contributed by atoms with Gasteiger partial charge in [-0.05, 0) is 29.8 Å². The molecule has 0 aliphatic carbocycles. The number of aromatic nitrogens is 1. The van der Waals surface area contributed by atoms with E-state index >= 15 is 0 Å². The summed E-state index contributed by atoms with van der Waals surface area (Å²) in [6, 6.07) is 7.27. The summed E-state index contributed by atoms with van der Waals surface area (Å²) in [4.78, 5) is 15.7. The molecule has 0 aliphatic rings. The molecule has 0 spiro atoms. The highest BCUT2D eigenvalue weighted by atomic mass is 16.5. The van der Waals surface area contributed by atoms with Crippen molar-refractivity contribution in [2.75, 3.05) is 7.11 Å². The van der Waals surface area contributed by atoms with E-state index in [0.717, 1.165) is 11.3 Å². The highest BCUT2D eigenvalue weighted by Gasteiger charge is 2.22. The molecule has 4 nitrogen and oxygen atoms in total. The molecule has 0 aromatic carbocycles. The zero-order chi connectivity index (χ0) is 12.1. The third-order valence-electron chi connectivity index (χ3n) is 2.58. The van der Waals surface area contributed by atoms with E-state index < -0.39 is 0 Å². The Kier molecular flexibility index (Phi) is 3.55. The average Bonchev–Trinajstić information content (AvgIpc) is 2.89. The Morgan fingerprint density at radius 1 is 1.41 bits per heavy atom. The molecule has 0 amide bonds. The lowest BCUT2D eigenvalue weighted by atomic mass is 9.96. The Bertz CT molecular complexity index is 465. The van der Waals surface area contributed by atoms with Gasteiger partial charge in [0, 0.05) is 18.8 Å². The van der Waals surface area contributed by atoms with Crippen molar-refractivity contribution in [2.45, 2.75) is 12.3 Å². The summed E-state index contributed by atoms with van der Waals surface area (Å²) in [6.45, 7) is 0. The highest BCUT2D eigenvalue weighted by Crippen LogP contribution is 2.22. The van der Waals surface area contributed by atoms with Crippen LogP contribution < -0.4 is 0 Å². The van der Waals surface area contributed by atoms with Gasteiger partial charge in [0.15, 0.2) is 0 Å². The average molecular weight is 231 g/mol. The minimum atomic E-state index is -0.353. The van der Waals surface area contributed by atoms with E-state index in [0.29, 0.717) is 6.42 Å². The third-order valence-corrected chi connectivity index (χ3v) is 2.58. The molecule has 0 unspecified atom stereocenters. The van der Waals surface area contributed by atoms with Gasteiger partial charge in [0.05, 0.1) is 19.3 Å². The van der Waals surface area contributed by atoms with Crippen molar-refractivity contribution in [2.24, 2.45) is 0 Å². The number of hydrogen-bond acceptors (Lipinski definition) is 4. The van der Waals surface area contributed by atoms with Gasteiger partial charge in [-0.1, -0.05) is 0 Å². The Morgan fingerprint density at radius 2 is 2.18 bits per heavy atom. The van der Waals surface area contributed by atoms with Gasteiger partial charge >= 0.3 is 5.97 Å². The number of carbonyl (C=O) groups is 1. The van der Waals surface area contributed by atoms with E-state index in [2.05, 4.69) is 4.98 Å². The number of nitrogens with zero attached hydrogens (tertiary/aromatic N) is 1. The van der Waals surface area contributed by atoms with Crippen LogP contribution in [0.5, 0.6) is 0 Å².